The summed E-state index contributed by atoms with van der Waals surface area (Å²) < 4.78 is 13.0. The molecule has 1 unspecified atom stereocenters. The summed E-state index contributed by atoms with van der Waals surface area (Å²) in [5.74, 6) is -0.476. The third-order valence-corrected chi connectivity index (χ3v) is 2.74. The second kappa shape index (κ2) is 5.77. The number of nitrogens with one attached hydrogen (secondary N) is 1. The van der Waals surface area contributed by atoms with Gasteiger partial charge in [0.2, 0.25) is 0 Å². The summed E-state index contributed by atoms with van der Waals surface area (Å²) in [6.07, 6.45) is 0. The lowest BCUT2D eigenvalue weighted by Gasteiger charge is -2.20. The Morgan fingerprint density at radius 3 is 2.59 bits per heavy atom. The predicted octanol–water partition coefficient (Wildman–Crippen LogP) is 1.88. The minimum Gasteiger partial charge on any atom is -0.394 e. The number of aliphatic hydroxyl groups is 1. The molecule has 17 heavy (non-hydrogen) atoms. The Kier molecular flexibility index (Phi) is 4.63. The maximum atomic E-state index is 13.0. The van der Waals surface area contributed by atoms with Crippen molar-refractivity contribution in [3.8, 4) is 0 Å². The molecule has 1 aromatic carbocycles. The maximum Gasteiger partial charge on any atom is 0.251 e. The highest BCUT2D eigenvalue weighted by atomic mass is 19.1. The van der Waals surface area contributed by atoms with Gasteiger partial charge in [0.05, 0.1) is 12.6 Å². The molecule has 0 radical (unpaired) electrons. The number of aliphatic hydroxyl groups excluding tert-OH is 1. The van der Waals surface area contributed by atoms with E-state index >= 15 is 0 Å². The normalized spacial score (nSPS) is 12.6. The molecule has 4 heteroatoms. The van der Waals surface area contributed by atoms with Gasteiger partial charge in [-0.05, 0) is 36.6 Å². The zero-order chi connectivity index (χ0) is 13.0. The van der Waals surface area contributed by atoms with Crippen LogP contribution in [0.15, 0.2) is 18.2 Å². The molecule has 1 amide bonds. The van der Waals surface area contributed by atoms with Crippen molar-refractivity contribution in [3.63, 3.8) is 0 Å². The SMILES string of the molecule is Cc1cc(C(=O)NC(CO)C(C)C)ccc1F. The molecular formula is C13H18FNO2. The van der Waals surface area contributed by atoms with E-state index in [0.717, 1.165) is 0 Å². The molecule has 1 atom stereocenters. The van der Waals surface area contributed by atoms with E-state index in [0.29, 0.717) is 11.1 Å². The molecule has 0 aromatic heterocycles. The van der Waals surface area contributed by atoms with Gasteiger partial charge in [-0.1, -0.05) is 13.8 Å². The number of benzene rings is 1. The number of hydrogen-bond donors (Lipinski definition) is 2. The van der Waals surface area contributed by atoms with E-state index in [1.165, 1.54) is 18.2 Å². The number of halogens is 1. The predicted molar refractivity (Wildman–Crippen MR) is 64.3 cm³/mol. The van der Waals surface area contributed by atoms with Crippen LogP contribution in [0.1, 0.15) is 29.8 Å². The van der Waals surface area contributed by atoms with Crippen molar-refractivity contribution in [3.05, 3.63) is 35.1 Å². The number of aryl methyl sites for hydroxylation is 1. The van der Waals surface area contributed by atoms with Gasteiger partial charge in [0.15, 0.2) is 0 Å². The standard InChI is InChI=1S/C13H18FNO2/c1-8(2)12(7-16)15-13(17)10-4-5-11(14)9(3)6-10/h4-6,8,12,16H,7H2,1-3H3,(H,15,17). The van der Waals surface area contributed by atoms with Crippen LogP contribution in [0.5, 0.6) is 0 Å². The van der Waals surface area contributed by atoms with Crippen LogP contribution < -0.4 is 5.32 Å². The van der Waals surface area contributed by atoms with Crippen LogP contribution in [0.3, 0.4) is 0 Å². The largest absolute Gasteiger partial charge is 0.394 e. The zero-order valence-corrected chi connectivity index (χ0v) is 10.3. The van der Waals surface area contributed by atoms with Crippen molar-refractivity contribution in [2.75, 3.05) is 6.61 Å². The highest BCUT2D eigenvalue weighted by Gasteiger charge is 2.16. The van der Waals surface area contributed by atoms with Gasteiger partial charge < -0.3 is 10.4 Å². The summed E-state index contributed by atoms with van der Waals surface area (Å²) in [4.78, 5) is 11.8. The van der Waals surface area contributed by atoms with Crippen molar-refractivity contribution in [1.82, 2.24) is 5.32 Å². The Morgan fingerprint density at radius 1 is 1.47 bits per heavy atom. The minimum atomic E-state index is -0.330. The third-order valence-electron chi connectivity index (χ3n) is 2.74. The molecule has 0 heterocycles. The monoisotopic (exact) mass is 239 g/mol. The summed E-state index contributed by atoms with van der Waals surface area (Å²) in [7, 11) is 0. The summed E-state index contributed by atoms with van der Waals surface area (Å²) in [6, 6.07) is 3.92. The van der Waals surface area contributed by atoms with Gasteiger partial charge in [0, 0.05) is 5.56 Å². The van der Waals surface area contributed by atoms with E-state index < -0.39 is 0 Å². The number of carbonyl (C=O) groups excluding carboxylic acids is 1. The molecule has 0 fully saturated rings. The van der Waals surface area contributed by atoms with Crippen LogP contribution in [0.2, 0.25) is 0 Å². The molecular weight excluding hydrogens is 221 g/mol. The maximum absolute atomic E-state index is 13.0. The lowest BCUT2D eigenvalue weighted by Crippen LogP contribution is -2.41. The molecule has 1 rings (SSSR count). The molecule has 0 spiro atoms. The third kappa shape index (κ3) is 3.53. The number of carbonyl (C=O) groups is 1. The van der Waals surface area contributed by atoms with Crippen LogP contribution >= 0.6 is 0 Å². The van der Waals surface area contributed by atoms with Crippen LogP contribution in [0, 0.1) is 18.7 Å². The lowest BCUT2D eigenvalue weighted by atomic mass is 10.0. The molecule has 94 valence electrons. The van der Waals surface area contributed by atoms with Crippen molar-refractivity contribution >= 4 is 5.91 Å². The summed E-state index contributed by atoms with van der Waals surface area (Å²) >= 11 is 0. The van der Waals surface area contributed by atoms with Gasteiger partial charge in [-0.25, -0.2) is 4.39 Å². The average molecular weight is 239 g/mol. The van der Waals surface area contributed by atoms with E-state index in [1.54, 1.807) is 6.92 Å². The van der Waals surface area contributed by atoms with Crippen molar-refractivity contribution in [2.45, 2.75) is 26.8 Å². The molecule has 1 aromatic rings. The van der Waals surface area contributed by atoms with E-state index in [9.17, 15) is 9.18 Å². The summed E-state index contributed by atoms with van der Waals surface area (Å²) in [6.45, 7) is 5.33. The first-order valence-corrected chi connectivity index (χ1v) is 5.63. The van der Waals surface area contributed by atoms with Crippen LogP contribution in [-0.4, -0.2) is 23.7 Å². The number of hydrogen-bond acceptors (Lipinski definition) is 2. The van der Waals surface area contributed by atoms with Gasteiger partial charge in [-0.2, -0.15) is 0 Å². The van der Waals surface area contributed by atoms with E-state index in [1.807, 2.05) is 13.8 Å². The Morgan fingerprint density at radius 2 is 2.12 bits per heavy atom. The Labute approximate surface area is 101 Å². The summed E-state index contributed by atoms with van der Waals surface area (Å²) in [5, 5.41) is 11.8. The Hall–Kier alpha value is -1.42. The van der Waals surface area contributed by atoms with Crippen molar-refractivity contribution < 1.29 is 14.3 Å². The molecule has 0 aliphatic rings. The second-order valence-corrected chi connectivity index (χ2v) is 4.47. The topological polar surface area (TPSA) is 49.3 Å². The molecule has 3 nitrogen and oxygen atoms in total. The first kappa shape index (κ1) is 13.6. The first-order chi connectivity index (χ1) is 7.95. The second-order valence-electron chi connectivity index (χ2n) is 4.47. The molecule has 0 saturated carbocycles. The Balaban J connectivity index is 2.79. The lowest BCUT2D eigenvalue weighted by molar-refractivity contribution is 0.0896. The van der Waals surface area contributed by atoms with Crippen LogP contribution in [0.4, 0.5) is 4.39 Å². The zero-order valence-electron chi connectivity index (χ0n) is 10.3. The molecule has 0 aliphatic carbocycles. The molecule has 2 N–H and O–H groups in total. The minimum absolute atomic E-state index is 0.108. The van der Waals surface area contributed by atoms with Gasteiger partial charge in [0.1, 0.15) is 5.82 Å². The average Bonchev–Trinajstić information content (AvgIpc) is 2.28. The van der Waals surface area contributed by atoms with Crippen LogP contribution in [0.25, 0.3) is 0 Å². The number of amides is 1. The van der Waals surface area contributed by atoms with Gasteiger partial charge >= 0.3 is 0 Å². The van der Waals surface area contributed by atoms with Crippen molar-refractivity contribution in [2.24, 2.45) is 5.92 Å². The fourth-order valence-electron chi connectivity index (χ4n) is 1.46. The summed E-state index contributed by atoms with van der Waals surface area (Å²) in [5.41, 5.74) is 0.839. The molecule has 0 saturated heterocycles. The van der Waals surface area contributed by atoms with Gasteiger partial charge in [0.25, 0.3) is 5.91 Å². The highest BCUT2D eigenvalue weighted by Crippen LogP contribution is 2.10. The van der Waals surface area contributed by atoms with E-state index in [2.05, 4.69) is 5.32 Å². The van der Waals surface area contributed by atoms with Crippen molar-refractivity contribution in [1.29, 1.82) is 0 Å². The van der Waals surface area contributed by atoms with Gasteiger partial charge in [-0.15, -0.1) is 0 Å². The fraction of sp³-hybridized carbons (Fsp3) is 0.462. The fourth-order valence-corrected chi connectivity index (χ4v) is 1.46. The molecule has 0 aliphatic heterocycles. The molecule has 0 bridgehead atoms. The first-order valence-electron chi connectivity index (χ1n) is 5.63. The Bertz CT molecular complexity index is 404. The number of rotatable bonds is 4. The van der Waals surface area contributed by atoms with Crippen LogP contribution in [-0.2, 0) is 0 Å². The quantitative estimate of drug-likeness (QED) is 0.842. The highest BCUT2D eigenvalue weighted by molar-refractivity contribution is 5.94. The van der Waals surface area contributed by atoms with E-state index in [4.69, 9.17) is 5.11 Å². The van der Waals surface area contributed by atoms with Gasteiger partial charge in [-0.3, -0.25) is 4.79 Å². The van der Waals surface area contributed by atoms with E-state index in [-0.39, 0.29) is 30.3 Å². The smallest absolute Gasteiger partial charge is 0.251 e.